The van der Waals surface area contributed by atoms with Crippen LogP contribution in [0.4, 0.5) is 8.78 Å². The average Bonchev–Trinajstić information content (AvgIpc) is 2.30. The first-order valence-electron chi connectivity index (χ1n) is 5.11. The molecule has 0 bridgehead atoms. The Kier molecular flexibility index (Phi) is 5.31. The molecule has 0 saturated carbocycles. The fourth-order valence-electron chi connectivity index (χ4n) is 1.45. The Morgan fingerprint density at radius 2 is 1.75 bits per heavy atom. The lowest BCUT2D eigenvalue weighted by Crippen LogP contribution is -2.30. The molecule has 4 N–H and O–H groups in total. The predicted molar refractivity (Wildman–Crippen MR) is 58.3 cm³/mol. The van der Waals surface area contributed by atoms with E-state index in [1.54, 1.807) is 12.1 Å². The predicted octanol–water partition coefficient (Wildman–Crippen LogP) is 1.21. The van der Waals surface area contributed by atoms with Crippen molar-refractivity contribution in [3.63, 3.8) is 0 Å². The highest BCUT2D eigenvalue weighted by Crippen LogP contribution is 2.20. The summed E-state index contributed by atoms with van der Waals surface area (Å²) < 4.78 is 24.6. The summed E-state index contributed by atoms with van der Waals surface area (Å²) in [5, 5.41) is 11.7. The highest BCUT2D eigenvalue weighted by Gasteiger charge is 2.10. The normalized spacial score (nSPS) is 13.1. The highest BCUT2D eigenvalue weighted by molar-refractivity contribution is 5.26. The third-order valence-corrected chi connectivity index (χ3v) is 2.33. The van der Waals surface area contributed by atoms with Gasteiger partial charge in [0.2, 0.25) is 0 Å². The van der Waals surface area contributed by atoms with Gasteiger partial charge in [0.25, 0.3) is 6.43 Å². The second-order valence-corrected chi connectivity index (χ2v) is 3.43. The number of nitrogens with two attached hydrogens (primary N) is 1. The Labute approximate surface area is 93.3 Å². The summed E-state index contributed by atoms with van der Waals surface area (Å²) in [6.45, 7) is 0.804. The summed E-state index contributed by atoms with van der Waals surface area (Å²) in [7, 11) is 0. The van der Waals surface area contributed by atoms with E-state index >= 15 is 0 Å². The maximum Gasteiger partial charge on any atom is 0.263 e. The summed E-state index contributed by atoms with van der Waals surface area (Å²) >= 11 is 0. The molecule has 0 heterocycles. The number of aliphatic hydroxyl groups excluding tert-OH is 1. The van der Waals surface area contributed by atoms with E-state index in [2.05, 4.69) is 5.32 Å². The number of hydrogen-bond acceptors (Lipinski definition) is 3. The Morgan fingerprint density at radius 1 is 1.19 bits per heavy atom. The van der Waals surface area contributed by atoms with Gasteiger partial charge in [0.15, 0.2) is 0 Å². The summed E-state index contributed by atoms with van der Waals surface area (Å²) in [5.41, 5.74) is 6.40. The molecule has 16 heavy (non-hydrogen) atoms. The van der Waals surface area contributed by atoms with Gasteiger partial charge in [-0.2, -0.15) is 0 Å². The first kappa shape index (κ1) is 13.0. The zero-order valence-corrected chi connectivity index (χ0v) is 8.87. The molecule has 1 unspecified atom stereocenters. The number of halogens is 2. The minimum absolute atomic E-state index is 0.00156. The fraction of sp³-hybridized carbons (Fsp3) is 0.455. The van der Waals surface area contributed by atoms with Crippen LogP contribution in [0.3, 0.4) is 0 Å². The molecule has 3 nitrogen and oxygen atoms in total. The number of nitrogens with one attached hydrogen (secondary N) is 1. The minimum Gasteiger partial charge on any atom is -0.395 e. The van der Waals surface area contributed by atoms with Crippen LogP contribution in [0.15, 0.2) is 24.3 Å². The van der Waals surface area contributed by atoms with Gasteiger partial charge < -0.3 is 16.2 Å². The smallest absolute Gasteiger partial charge is 0.263 e. The van der Waals surface area contributed by atoms with Crippen molar-refractivity contribution in [2.45, 2.75) is 12.5 Å². The van der Waals surface area contributed by atoms with Crippen molar-refractivity contribution < 1.29 is 13.9 Å². The third kappa shape index (κ3) is 3.52. The molecule has 0 aromatic heterocycles. The number of alkyl halides is 2. The lowest BCUT2D eigenvalue weighted by Gasteiger charge is -2.16. The van der Waals surface area contributed by atoms with E-state index in [9.17, 15) is 8.78 Å². The monoisotopic (exact) mass is 230 g/mol. The molecule has 0 spiro atoms. The van der Waals surface area contributed by atoms with Crippen molar-refractivity contribution in [2.75, 3.05) is 19.7 Å². The molecule has 0 aliphatic rings. The first-order chi connectivity index (χ1) is 7.69. The van der Waals surface area contributed by atoms with Gasteiger partial charge in [-0.25, -0.2) is 8.78 Å². The second kappa shape index (κ2) is 6.52. The first-order valence-corrected chi connectivity index (χ1v) is 5.11. The molecule has 0 aliphatic heterocycles. The molecule has 0 fully saturated rings. The van der Waals surface area contributed by atoms with Gasteiger partial charge in [-0.1, -0.05) is 24.3 Å². The van der Waals surface area contributed by atoms with E-state index < -0.39 is 6.43 Å². The molecular formula is C11H16F2N2O. The van der Waals surface area contributed by atoms with Crippen LogP contribution in [-0.4, -0.2) is 24.8 Å². The molecule has 1 aromatic rings. The molecule has 0 saturated heterocycles. The van der Waals surface area contributed by atoms with E-state index in [0.29, 0.717) is 13.1 Å². The van der Waals surface area contributed by atoms with Crippen molar-refractivity contribution in [1.29, 1.82) is 0 Å². The van der Waals surface area contributed by atoms with Crippen molar-refractivity contribution in [1.82, 2.24) is 5.32 Å². The van der Waals surface area contributed by atoms with E-state index in [4.69, 9.17) is 10.8 Å². The number of hydrogen-bond donors (Lipinski definition) is 3. The van der Waals surface area contributed by atoms with Gasteiger partial charge >= 0.3 is 0 Å². The van der Waals surface area contributed by atoms with E-state index in [-0.39, 0.29) is 18.2 Å². The molecule has 0 radical (unpaired) electrons. The largest absolute Gasteiger partial charge is 0.395 e. The molecule has 1 atom stereocenters. The zero-order chi connectivity index (χ0) is 12.0. The third-order valence-electron chi connectivity index (χ3n) is 2.33. The molecule has 0 amide bonds. The maximum absolute atomic E-state index is 12.3. The standard InChI is InChI=1S/C11H16F2N2O/c12-11(13)9-3-1-8(2-4-9)10(7-14)15-5-6-16/h1-4,10-11,15-16H,5-7,14H2. The number of rotatable bonds is 6. The summed E-state index contributed by atoms with van der Waals surface area (Å²) in [4.78, 5) is 0. The van der Waals surface area contributed by atoms with Gasteiger partial charge in [-0.3, -0.25) is 0 Å². The van der Waals surface area contributed by atoms with E-state index in [1.165, 1.54) is 12.1 Å². The Morgan fingerprint density at radius 3 is 2.19 bits per heavy atom. The summed E-state index contributed by atoms with van der Waals surface area (Å²) in [6, 6.07) is 5.93. The van der Waals surface area contributed by atoms with Gasteiger partial charge in [0.1, 0.15) is 0 Å². The number of aliphatic hydroxyl groups is 1. The quantitative estimate of drug-likeness (QED) is 0.688. The van der Waals surface area contributed by atoms with Crippen molar-refractivity contribution in [3.8, 4) is 0 Å². The minimum atomic E-state index is -2.45. The van der Waals surface area contributed by atoms with E-state index in [1.807, 2.05) is 0 Å². The van der Waals surface area contributed by atoms with Crippen LogP contribution < -0.4 is 11.1 Å². The van der Waals surface area contributed by atoms with Gasteiger partial charge in [-0.05, 0) is 5.56 Å². The molecule has 1 aromatic carbocycles. The fourth-order valence-corrected chi connectivity index (χ4v) is 1.45. The summed E-state index contributed by atoms with van der Waals surface area (Å²) in [6.07, 6.45) is -2.45. The zero-order valence-electron chi connectivity index (χ0n) is 8.87. The van der Waals surface area contributed by atoms with E-state index in [0.717, 1.165) is 5.56 Å². The highest BCUT2D eigenvalue weighted by atomic mass is 19.3. The van der Waals surface area contributed by atoms with Crippen LogP contribution in [0.2, 0.25) is 0 Å². The number of benzene rings is 1. The average molecular weight is 230 g/mol. The Hall–Kier alpha value is -1.04. The van der Waals surface area contributed by atoms with Gasteiger partial charge in [0.05, 0.1) is 6.61 Å². The molecule has 1 rings (SSSR count). The lowest BCUT2D eigenvalue weighted by molar-refractivity contribution is 0.151. The maximum atomic E-state index is 12.3. The second-order valence-electron chi connectivity index (χ2n) is 3.43. The molecule has 90 valence electrons. The topological polar surface area (TPSA) is 58.3 Å². The van der Waals surface area contributed by atoms with Crippen LogP contribution in [0.25, 0.3) is 0 Å². The SMILES string of the molecule is NCC(NCCO)c1ccc(C(F)F)cc1. The Balaban J connectivity index is 2.70. The van der Waals surface area contributed by atoms with Crippen molar-refractivity contribution >= 4 is 0 Å². The van der Waals surface area contributed by atoms with Crippen molar-refractivity contribution in [2.24, 2.45) is 5.73 Å². The molecule has 5 heteroatoms. The lowest BCUT2D eigenvalue weighted by atomic mass is 10.0. The van der Waals surface area contributed by atoms with Crippen LogP contribution in [0.5, 0.6) is 0 Å². The molecular weight excluding hydrogens is 214 g/mol. The summed E-state index contributed by atoms with van der Waals surface area (Å²) in [5.74, 6) is 0. The van der Waals surface area contributed by atoms with Crippen LogP contribution in [-0.2, 0) is 0 Å². The van der Waals surface area contributed by atoms with Crippen LogP contribution in [0, 0.1) is 0 Å². The van der Waals surface area contributed by atoms with Gasteiger partial charge in [-0.15, -0.1) is 0 Å². The van der Waals surface area contributed by atoms with Crippen LogP contribution >= 0.6 is 0 Å². The van der Waals surface area contributed by atoms with Crippen LogP contribution in [0.1, 0.15) is 23.6 Å². The Bertz CT molecular complexity index is 303. The van der Waals surface area contributed by atoms with Crippen molar-refractivity contribution in [3.05, 3.63) is 35.4 Å². The molecule has 0 aliphatic carbocycles. The van der Waals surface area contributed by atoms with Gasteiger partial charge in [0, 0.05) is 24.7 Å².